The Balaban J connectivity index is 3.75. The van der Waals surface area contributed by atoms with E-state index >= 15 is 0 Å². The molecular formula is C8H7N3O4S. The Morgan fingerprint density at radius 3 is 2.44 bits per heavy atom. The zero-order valence-electron chi connectivity index (χ0n) is 8.17. The van der Waals surface area contributed by atoms with E-state index in [0.29, 0.717) is 0 Å². The van der Waals surface area contributed by atoms with Gasteiger partial charge in [-0.15, -0.1) is 0 Å². The molecule has 0 fully saturated rings. The molecule has 0 heterocycles. The van der Waals surface area contributed by atoms with Gasteiger partial charge in [0.2, 0.25) is 10.0 Å². The molecule has 1 rings (SSSR count). The maximum absolute atomic E-state index is 11.2. The van der Waals surface area contributed by atoms with Crippen LogP contribution in [0.15, 0.2) is 17.0 Å². The predicted molar refractivity (Wildman–Crippen MR) is 53.9 cm³/mol. The van der Waals surface area contributed by atoms with Crippen molar-refractivity contribution in [3.8, 4) is 6.07 Å². The second-order valence-corrected chi connectivity index (χ2v) is 4.55. The van der Waals surface area contributed by atoms with Crippen LogP contribution in [0.2, 0.25) is 0 Å². The summed E-state index contributed by atoms with van der Waals surface area (Å²) in [5, 5.41) is 24.1. The molecule has 8 heteroatoms. The van der Waals surface area contributed by atoms with Crippen LogP contribution in [0, 0.1) is 28.4 Å². The Morgan fingerprint density at radius 2 is 2.06 bits per heavy atom. The Labute approximate surface area is 91.3 Å². The summed E-state index contributed by atoms with van der Waals surface area (Å²) < 4.78 is 22.3. The van der Waals surface area contributed by atoms with Gasteiger partial charge in [0.25, 0.3) is 5.69 Å². The molecule has 0 radical (unpaired) electrons. The minimum absolute atomic E-state index is 0.0107. The minimum atomic E-state index is -4.19. The monoisotopic (exact) mass is 241 g/mol. The quantitative estimate of drug-likeness (QED) is 0.592. The Morgan fingerprint density at radius 1 is 1.50 bits per heavy atom. The molecule has 0 spiro atoms. The number of primary sulfonamides is 1. The maximum Gasteiger partial charge on any atom is 0.290 e. The van der Waals surface area contributed by atoms with E-state index in [4.69, 9.17) is 10.4 Å². The van der Waals surface area contributed by atoms with E-state index in [1.807, 2.05) is 0 Å². The number of hydrogen-bond donors (Lipinski definition) is 1. The SMILES string of the molecule is Cc1cc(C#N)cc([N+](=O)[O-])c1S(N)(=O)=O. The molecule has 0 bridgehead atoms. The van der Waals surface area contributed by atoms with E-state index < -0.39 is 25.5 Å². The number of sulfonamides is 1. The van der Waals surface area contributed by atoms with Crippen molar-refractivity contribution in [3.05, 3.63) is 33.4 Å². The fourth-order valence-corrected chi connectivity index (χ4v) is 2.26. The third-order valence-corrected chi connectivity index (χ3v) is 2.97. The lowest BCUT2D eigenvalue weighted by atomic mass is 10.1. The summed E-state index contributed by atoms with van der Waals surface area (Å²) in [7, 11) is -4.19. The number of hydrogen-bond acceptors (Lipinski definition) is 5. The van der Waals surface area contributed by atoms with E-state index in [1.54, 1.807) is 6.07 Å². The normalized spacial score (nSPS) is 10.8. The third kappa shape index (κ3) is 2.16. The number of nitrogens with two attached hydrogens (primary N) is 1. The average Bonchev–Trinajstić information content (AvgIpc) is 2.14. The molecule has 0 aromatic heterocycles. The standard InChI is InChI=1S/C8H7N3O4S/c1-5-2-6(4-9)3-7(11(12)13)8(5)16(10,14)15/h2-3H,1H3,(H2,10,14,15). The third-order valence-electron chi connectivity index (χ3n) is 1.87. The highest BCUT2D eigenvalue weighted by atomic mass is 32.2. The summed E-state index contributed by atoms with van der Waals surface area (Å²) in [5.41, 5.74) is -0.594. The van der Waals surface area contributed by atoms with Crippen LogP contribution < -0.4 is 5.14 Å². The molecule has 2 N–H and O–H groups in total. The van der Waals surface area contributed by atoms with Crippen LogP contribution in [0.4, 0.5) is 5.69 Å². The van der Waals surface area contributed by atoms with Gasteiger partial charge < -0.3 is 0 Å². The van der Waals surface area contributed by atoms with Crippen molar-refractivity contribution < 1.29 is 13.3 Å². The molecule has 0 unspecified atom stereocenters. The van der Waals surface area contributed by atoms with Gasteiger partial charge in [0.05, 0.1) is 16.6 Å². The summed E-state index contributed by atoms with van der Waals surface area (Å²) >= 11 is 0. The van der Waals surface area contributed by atoms with Gasteiger partial charge in [-0.2, -0.15) is 5.26 Å². The van der Waals surface area contributed by atoms with E-state index in [9.17, 15) is 18.5 Å². The van der Waals surface area contributed by atoms with Crippen LogP contribution in [0.1, 0.15) is 11.1 Å². The molecular weight excluding hydrogens is 234 g/mol. The van der Waals surface area contributed by atoms with Crippen molar-refractivity contribution in [2.75, 3.05) is 0 Å². The first-order chi connectivity index (χ1) is 7.27. The van der Waals surface area contributed by atoms with Gasteiger partial charge in [0.1, 0.15) is 0 Å². The van der Waals surface area contributed by atoms with Gasteiger partial charge in [-0.05, 0) is 18.6 Å². The molecule has 0 aliphatic heterocycles. The number of aryl methyl sites for hydroxylation is 1. The Hall–Kier alpha value is -1.98. The molecule has 0 aliphatic rings. The van der Waals surface area contributed by atoms with Crippen LogP contribution in [0.25, 0.3) is 0 Å². The minimum Gasteiger partial charge on any atom is -0.258 e. The number of nitro groups is 1. The van der Waals surface area contributed by atoms with E-state index in [2.05, 4.69) is 0 Å². The van der Waals surface area contributed by atoms with E-state index in [-0.39, 0.29) is 11.1 Å². The lowest BCUT2D eigenvalue weighted by Gasteiger charge is -2.04. The van der Waals surface area contributed by atoms with Gasteiger partial charge in [-0.25, -0.2) is 13.6 Å². The molecule has 0 aliphatic carbocycles. The van der Waals surface area contributed by atoms with Crippen LogP contribution >= 0.6 is 0 Å². The smallest absolute Gasteiger partial charge is 0.258 e. The van der Waals surface area contributed by atoms with Crippen molar-refractivity contribution in [2.24, 2.45) is 5.14 Å². The lowest BCUT2D eigenvalue weighted by Crippen LogP contribution is -2.16. The molecule has 1 aromatic carbocycles. The first-order valence-corrected chi connectivity index (χ1v) is 5.54. The molecule has 0 saturated heterocycles. The van der Waals surface area contributed by atoms with E-state index in [1.165, 1.54) is 13.0 Å². The average molecular weight is 241 g/mol. The maximum atomic E-state index is 11.2. The molecule has 7 nitrogen and oxygen atoms in total. The van der Waals surface area contributed by atoms with Crippen LogP contribution in [0.5, 0.6) is 0 Å². The van der Waals surface area contributed by atoms with Crippen molar-refractivity contribution in [2.45, 2.75) is 11.8 Å². The van der Waals surface area contributed by atoms with Crippen molar-refractivity contribution in [3.63, 3.8) is 0 Å². The number of nitriles is 1. The van der Waals surface area contributed by atoms with Gasteiger partial charge >= 0.3 is 0 Å². The highest BCUT2D eigenvalue weighted by Gasteiger charge is 2.26. The second-order valence-electron chi connectivity index (χ2n) is 3.06. The second kappa shape index (κ2) is 3.88. The summed E-state index contributed by atoms with van der Waals surface area (Å²) in [6.07, 6.45) is 0. The lowest BCUT2D eigenvalue weighted by molar-refractivity contribution is -0.387. The molecule has 1 aromatic rings. The summed E-state index contributed by atoms with van der Waals surface area (Å²) in [5.74, 6) is 0. The highest BCUT2D eigenvalue weighted by molar-refractivity contribution is 7.89. The van der Waals surface area contributed by atoms with Gasteiger partial charge in [-0.3, -0.25) is 10.1 Å². The predicted octanol–water partition coefficient (Wildman–Crippen LogP) is 0.422. The Bertz CT molecular complexity index is 600. The van der Waals surface area contributed by atoms with Gasteiger partial charge in [-0.1, -0.05) is 0 Å². The summed E-state index contributed by atoms with van der Waals surface area (Å²) in [4.78, 5) is 9.22. The highest BCUT2D eigenvalue weighted by Crippen LogP contribution is 2.27. The zero-order chi connectivity index (χ0) is 12.5. The van der Waals surface area contributed by atoms with Crippen molar-refractivity contribution >= 4 is 15.7 Å². The number of benzene rings is 1. The van der Waals surface area contributed by atoms with Gasteiger partial charge in [0.15, 0.2) is 4.90 Å². The van der Waals surface area contributed by atoms with Gasteiger partial charge in [0, 0.05) is 6.07 Å². The molecule has 0 amide bonds. The molecule has 0 atom stereocenters. The molecule has 84 valence electrons. The topological polar surface area (TPSA) is 127 Å². The van der Waals surface area contributed by atoms with Crippen LogP contribution in [-0.2, 0) is 10.0 Å². The van der Waals surface area contributed by atoms with Crippen molar-refractivity contribution in [1.82, 2.24) is 0 Å². The summed E-state index contributed by atoms with van der Waals surface area (Å²) in [6.45, 7) is 1.34. The fourth-order valence-electron chi connectivity index (χ4n) is 1.33. The van der Waals surface area contributed by atoms with Crippen LogP contribution in [-0.4, -0.2) is 13.3 Å². The Kier molecular flexibility index (Phi) is 2.93. The molecule has 16 heavy (non-hydrogen) atoms. The number of nitrogens with zero attached hydrogens (tertiary/aromatic N) is 2. The number of rotatable bonds is 2. The first-order valence-electron chi connectivity index (χ1n) is 3.99. The fraction of sp³-hybridized carbons (Fsp3) is 0.125. The van der Waals surface area contributed by atoms with Crippen molar-refractivity contribution in [1.29, 1.82) is 5.26 Å². The number of nitro benzene ring substituents is 1. The largest absolute Gasteiger partial charge is 0.290 e. The summed E-state index contributed by atoms with van der Waals surface area (Å²) in [6, 6.07) is 3.81. The first kappa shape index (κ1) is 12.1. The molecule has 0 saturated carbocycles. The van der Waals surface area contributed by atoms with E-state index in [0.717, 1.165) is 6.07 Å². The zero-order valence-corrected chi connectivity index (χ0v) is 8.98. The van der Waals surface area contributed by atoms with Crippen LogP contribution in [0.3, 0.4) is 0 Å².